The molecule has 0 radical (unpaired) electrons. The summed E-state index contributed by atoms with van der Waals surface area (Å²) in [5.74, 6) is -0.260. The smallest absolute Gasteiger partial charge is 0.255 e. The van der Waals surface area contributed by atoms with Gasteiger partial charge < -0.3 is 15.8 Å². The SMILES string of the molecule is NC(=O)COc1cccc(NC(=O)c2ccc(CN3CCCCC3)cc2)c1. The van der Waals surface area contributed by atoms with Crippen molar-refractivity contribution in [2.75, 3.05) is 25.0 Å². The highest BCUT2D eigenvalue weighted by molar-refractivity contribution is 6.04. The van der Waals surface area contributed by atoms with Crippen LogP contribution < -0.4 is 15.8 Å². The van der Waals surface area contributed by atoms with Gasteiger partial charge in [0.1, 0.15) is 5.75 Å². The van der Waals surface area contributed by atoms with Gasteiger partial charge in [0.05, 0.1) is 0 Å². The van der Waals surface area contributed by atoms with Gasteiger partial charge in [-0.15, -0.1) is 0 Å². The molecule has 0 aliphatic carbocycles. The Morgan fingerprint density at radius 3 is 2.48 bits per heavy atom. The number of nitrogens with one attached hydrogen (secondary N) is 1. The maximum atomic E-state index is 12.5. The molecule has 27 heavy (non-hydrogen) atoms. The molecule has 1 heterocycles. The van der Waals surface area contributed by atoms with Gasteiger partial charge in [0.25, 0.3) is 11.8 Å². The second-order valence-electron chi connectivity index (χ2n) is 6.77. The molecule has 1 aliphatic rings. The third kappa shape index (κ3) is 5.82. The zero-order valence-electron chi connectivity index (χ0n) is 15.3. The van der Waals surface area contributed by atoms with Crippen molar-refractivity contribution in [3.05, 3.63) is 59.7 Å². The standard InChI is InChI=1S/C21H25N3O3/c22-20(25)15-27-19-6-4-5-18(13-19)23-21(26)17-9-7-16(8-10-17)14-24-11-2-1-3-12-24/h4-10,13H,1-3,11-12,14-15H2,(H2,22,25)(H,23,26). The lowest BCUT2D eigenvalue weighted by Gasteiger charge is -2.26. The number of benzene rings is 2. The van der Waals surface area contributed by atoms with E-state index in [0.29, 0.717) is 17.0 Å². The van der Waals surface area contributed by atoms with Gasteiger partial charge in [0.2, 0.25) is 0 Å². The first kappa shape index (κ1) is 18.9. The van der Waals surface area contributed by atoms with Crippen molar-refractivity contribution in [1.82, 2.24) is 4.90 Å². The van der Waals surface area contributed by atoms with E-state index in [1.165, 1.54) is 24.8 Å². The van der Waals surface area contributed by atoms with E-state index in [1.807, 2.05) is 24.3 Å². The number of amides is 2. The molecule has 2 amide bonds. The molecule has 0 aromatic heterocycles. The molecule has 0 spiro atoms. The molecular weight excluding hydrogens is 342 g/mol. The van der Waals surface area contributed by atoms with Gasteiger partial charge in [0.15, 0.2) is 6.61 Å². The number of carbonyl (C=O) groups is 2. The Kier molecular flexibility index (Phi) is 6.44. The van der Waals surface area contributed by atoms with Crippen LogP contribution in [0.4, 0.5) is 5.69 Å². The van der Waals surface area contributed by atoms with Gasteiger partial charge in [-0.2, -0.15) is 0 Å². The summed E-state index contributed by atoms with van der Waals surface area (Å²) in [6.45, 7) is 3.03. The maximum absolute atomic E-state index is 12.5. The monoisotopic (exact) mass is 367 g/mol. The van der Waals surface area contributed by atoms with E-state index in [1.54, 1.807) is 24.3 Å². The lowest BCUT2D eigenvalue weighted by molar-refractivity contribution is -0.119. The topological polar surface area (TPSA) is 84.7 Å². The van der Waals surface area contributed by atoms with Crippen LogP contribution >= 0.6 is 0 Å². The van der Waals surface area contributed by atoms with Crippen LogP contribution in [0.2, 0.25) is 0 Å². The fourth-order valence-electron chi connectivity index (χ4n) is 3.16. The number of carbonyl (C=O) groups excluding carboxylic acids is 2. The highest BCUT2D eigenvalue weighted by Gasteiger charge is 2.11. The van der Waals surface area contributed by atoms with Gasteiger partial charge >= 0.3 is 0 Å². The average molecular weight is 367 g/mol. The van der Waals surface area contributed by atoms with Crippen LogP contribution in [0.15, 0.2) is 48.5 Å². The molecule has 0 bridgehead atoms. The average Bonchev–Trinajstić information content (AvgIpc) is 2.68. The van der Waals surface area contributed by atoms with Gasteiger partial charge in [-0.1, -0.05) is 24.6 Å². The Morgan fingerprint density at radius 1 is 1.04 bits per heavy atom. The van der Waals surface area contributed by atoms with E-state index in [9.17, 15) is 9.59 Å². The summed E-state index contributed by atoms with van der Waals surface area (Å²) in [5.41, 5.74) is 7.48. The van der Waals surface area contributed by atoms with Crippen molar-refractivity contribution in [1.29, 1.82) is 0 Å². The molecule has 3 rings (SSSR count). The molecule has 1 fully saturated rings. The number of hydrogen-bond acceptors (Lipinski definition) is 4. The minimum atomic E-state index is -0.547. The van der Waals surface area contributed by atoms with E-state index >= 15 is 0 Å². The summed E-state index contributed by atoms with van der Waals surface area (Å²) in [6.07, 6.45) is 3.86. The van der Waals surface area contributed by atoms with E-state index in [4.69, 9.17) is 10.5 Å². The second-order valence-corrected chi connectivity index (χ2v) is 6.77. The first-order valence-corrected chi connectivity index (χ1v) is 9.24. The third-order valence-corrected chi connectivity index (χ3v) is 4.54. The van der Waals surface area contributed by atoms with E-state index in [2.05, 4.69) is 10.2 Å². The second kappa shape index (κ2) is 9.19. The fraction of sp³-hybridized carbons (Fsp3) is 0.333. The molecule has 1 aliphatic heterocycles. The predicted molar refractivity (Wildman–Crippen MR) is 105 cm³/mol. The predicted octanol–water partition coefficient (Wildman–Crippen LogP) is 2.79. The largest absolute Gasteiger partial charge is 0.484 e. The molecule has 2 aromatic carbocycles. The van der Waals surface area contributed by atoms with E-state index in [-0.39, 0.29) is 12.5 Å². The van der Waals surface area contributed by atoms with E-state index < -0.39 is 5.91 Å². The normalized spacial score (nSPS) is 14.5. The molecule has 0 atom stereocenters. The molecule has 6 heteroatoms. The zero-order valence-corrected chi connectivity index (χ0v) is 15.3. The molecule has 0 saturated carbocycles. The Bertz CT molecular complexity index is 784. The minimum absolute atomic E-state index is 0.188. The van der Waals surface area contributed by atoms with Crippen LogP contribution in [0.5, 0.6) is 5.75 Å². The van der Waals surface area contributed by atoms with Crippen LogP contribution in [-0.2, 0) is 11.3 Å². The Hall–Kier alpha value is -2.86. The molecule has 2 aromatic rings. The molecule has 142 valence electrons. The highest BCUT2D eigenvalue weighted by atomic mass is 16.5. The molecule has 0 unspecified atom stereocenters. The lowest BCUT2D eigenvalue weighted by Crippen LogP contribution is -2.29. The lowest BCUT2D eigenvalue weighted by atomic mass is 10.1. The van der Waals surface area contributed by atoms with Crippen LogP contribution in [0.3, 0.4) is 0 Å². The van der Waals surface area contributed by atoms with Crippen molar-refractivity contribution < 1.29 is 14.3 Å². The summed E-state index contributed by atoms with van der Waals surface area (Å²) in [5, 5.41) is 2.84. The quantitative estimate of drug-likeness (QED) is 0.788. The van der Waals surface area contributed by atoms with Crippen molar-refractivity contribution in [3.63, 3.8) is 0 Å². The van der Waals surface area contributed by atoms with Crippen LogP contribution in [-0.4, -0.2) is 36.4 Å². The van der Waals surface area contributed by atoms with Gasteiger partial charge in [-0.05, 0) is 55.8 Å². The van der Waals surface area contributed by atoms with Crippen molar-refractivity contribution in [2.24, 2.45) is 5.73 Å². The number of primary amides is 1. The molecule has 3 N–H and O–H groups in total. The fourth-order valence-corrected chi connectivity index (χ4v) is 3.16. The molecule has 6 nitrogen and oxygen atoms in total. The van der Waals surface area contributed by atoms with Gasteiger partial charge in [-0.3, -0.25) is 14.5 Å². The number of hydrogen-bond donors (Lipinski definition) is 2. The number of nitrogens with zero attached hydrogens (tertiary/aromatic N) is 1. The van der Waals surface area contributed by atoms with Gasteiger partial charge in [0, 0.05) is 23.9 Å². The van der Waals surface area contributed by atoms with Crippen molar-refractivity contribution >= 4 is 17.5 Å². The van der Waals surface area contributed by atoms with E-state index in [0.717, 1.165) is 19.6 Å². The number of ether oxygens (including phenoxy) is 1. The van der Waals surface area contributed by atoms with Crippen LogP contribution in [0.1, 0.15) is 35.2 Å². The summed E-state index contributed by atoms with van der Waals surface area (Å²) >= 11 is 0. The number of likely N-dealkylation sites (tertiary alicyclic amines) is 1. The van der Waals surface area contributed by atoms with Crippen molar-refractivity contribution in [3.8, 4) is 5.75 Å². The van der Waals surface area contributed by atoms with Crippen LogP contribution in [0, 0.1) is 0 Å². The molecular formula is C21H25N3O3. The van der Waals surface area contributed by atoms with Gasteiger partial charge in [-0.25, -0.2) is 0 Å². The minimum Gasteiger partial charge on any atom is -0.484 e. The van der Waals surface area contributed by atoms with Crippen molar-refractivity contribution in [2.45, 2.75) is 25.8 Å². The number of piperidine rings is 1. The third-order valence-electron chi connectivity index (χ3n) is 4.54. The summed E-state index contributed by atoms with van der Waals surface area (Å²) in [6, 6.07) is 14.6. The zero-order chi connectivity index (χ0) is 19.1. The number of nitrogens with two attached hydrogens (primary N) is 1. The van der Waals surface area contributed by atoms with Crippen LogP contribution in [0.25, 0.3) is 0 Å². The Balaban J connectivity index is 1.57. The Labute approximate surface area is 159 Å². The summed E-state index contributed by atoms with van der Waals surface area (Å²) < 4.78 is 5.25. The Morgan fingerprint density at radius 2 is 1.78 bits per heavy atom. The number of rotatable bonds is 7. The molecule has 1 saturated heterocycles. The summed E-state index contributed by atoms with van der Waals surface area (Å²) in [7, 11) is 0. The maximum Gasteiger partial charge on any atom is 0.255 e. The first-order chi connectivity index (χ1) is 13.1. The summed E-state index contributed by atoms with van der Waals surface area (Å²) in [4.78, 5) is 25.7. The highest BCUT2D eigenvalue weighted by Crippen LogP contribution is 2.19. The first-order valence-electron chi connectivity index (χ1n) is 9.24. The number of anilines is 1.